The molecule has 4 rings (SSSR count). The largest absolute Gasteiger partial charge is 0.376 e. The third kappa shape index (κ3) is 5.65. The van der Waals surface area contributed by atoms with Crippen LogP contribution in [0.1, 0.15) is 52.4 Å². The van der Waals surface area contributed by atoms with Crippen LogP contribution in [0.15, 0.2) is 29.4 Å². The number of halogens is 1. The Kier molecular flexibility index (Phi) is 7.71. The first-order chi connectivity index (χ1) is 16.7. The first kappa shape index (κ1) is 25.1. The van der Waals surface area contributed by atoms with E-state index in [1.807, 2.05) is 35.1 Å². The molecule has 1 fully saturated rings. The molecule has 3 aromatic rings. The Hall–Kier alpha value is -2.98. The summed E-state index contributed by atoms with van der Waals surface area (Å²) in [6.07, 6.45) is 2.58. The van der Waals surface area contributed by atoms with Gasteiger partial charge in [0.1, 0.15) is 11.6 Å². The Balaban J connectivity index is 1.52. The Labute approximate surface area is 208 Å². The predicted octanol–water partition coefficient (Wildman–Crippen LogP) is 3.71. The third-order valence-electron chi connectivity index (χ3n) is 6.28. The average Bonchev–Trinajstić information content (AvgIpc) is 3.53. The molecule has 8 nitrogen and oxygen atoms in total. The first-order valence-corrected chi connectivity index (χ1v) is 12.7. The average molecular weight is 500 g/mol. The Bertz CT molecular complexity index is 1250. The summed E-state index contributed by atoms with van der Waals surface area (Å²) in [5.41, 5.74) is 8.79. The van der Waals surface area contributed by atoms with Gasteiger partial charge in [-0.3, -0.25) is 9.59 Å². The molecular weight excluding hydrogens is 469 g/mol. The smallest absolute Gasteiger partial charge is 0.217 e. The lowest BCUT2D eigenvalue weighted by molar-refractivity contribution is -0.118. The molecule has 1 atom stereocenters. The van der Waals surface area contributed by atoms with Gasteiger partial charge in [0.15, 0.2) is 10.9 Å². The van der Waals surface area contributed by atoms with Gasteiger partial charge in [0, 0.05) is 42.1 Å². The van der Waals surface area contributed by atoms with E-state index in [0.717, 1.165) is 30.8 Å². The Morgan fingerprint density at radius 2 is 2.03 bits per heavy atom. The SMILES string of the molecule is Cc1ccc(-n2c(C)cc(C(=O)CSc3nnc(CCC(N)=O)n3CC3CCCO3)c2C)cc1F. The van der Waals surface area contributed by atoms with Gasteiger partial charge in [-0.2, -0.15) is 0 Å². The lowest BCUT2D eigenvalue weighted by Gasteiger charge is -2.14. The van der Waals surface area contributed by atoms with Gasteiger partial charge in [-0.05, 0) is 57.4 Å². The summed E-state index contributed by atoms with van der Waals surface area (Å²) in [6.45, 7) is 6.79. The van der Waals surface area contributed by atoms with Crippen molar-refractivity contribution in [1.29, 1.82) is 0 Å². The lowest BCUT2D eigenvalue weighted by Crippen LogP contribution is -2.19. The molecule has 3 heterocycles. The molecule has 2 N–H and O–H groups in total. The van der Waals surface area contributed by atoms with Crippen LogP contribution in [0.5, 0.6) is 0 Å². The number of ether oxygens (including phenoxy) is 1. The van der Waals surface area contributed by atoms with Crippen molar-refractivity contribution in [2.75, 3.05) is 12.4 Å². The number of carbonyl (C=O) groups is 2. The molecule has 0 aliphatic carbocycles. The van der Waals surface area contributed by atoms with Crippen molar-refractivity contribution in [3.05, 3.63) is 58.4 Å². The number of thioether (sulfide) groups is 1. The fourth-order valence-electron chi connectivity index (χ4n) is 4.39. The highest BCUT2D eigenvalue weighted by Crippen LogP contribution is 2.26. The van der Waals surface area contributed by atoms with E-state index < -0.39 is 5.91 Å². The van der Waals surface area contributed by atoms with Gasteiger partial charge in [0.05, 0.1) is 18.4 Å². The number of hydrogen-bond acceptors (Lipinski definition) is 6. The van der Waals surface area contributed by atoms with Crippen LogP contribution in [0.3, 0.4) is 0 Å². The van der Waals surface area contributed by atoms with Crippen LogP contribution in [0.4, 0.5) is 4.39 Å². The van der Waals surface area contributed by atoms with Crippen LogP contribution in [-0.4, -0.2) is 49.5 Å². The second-order valence-corrected chi connectivity index (χ2v) is 9.82. The molecule has 1 unspecified atom stereocenters. The van der Waals surface area contributed by atoms with Crippen molar-refractivity contribution in [3.63, 3.8) is 0 Å². The molecule has 0 saturated carbocycles. The van der Waals surface area contributed by atoms with Crippen LogP contribution in [0.25, 0.3) is 5.69 Å². The first-order valence-electron chi connectivity index (χ1n) is 11.7. The number of ketones is 1. The standard InChI is InChI=1S/C25H30FN5O3S/c1-15-6-7-18(12-21(15)26)31-16(2)11-20(17(31)3)22(32)14-35-25-29-28-24(9-8-23(27)33)30(25)13-19-5-4-10-34-19/h6-7,11-12,19H,4-5,8-10,13-14H2,1-3H3,(H2,27,33). The van der Waals surface area contributed by atoms with E-state index in [2.05, 4.69) is 10.2 Å². The molecule has 0 spiro atoms. The zero-order valence-electron chi connectivity index (χ0n) is 20.2. The van der Waals surface area contributed by atoms with E-state index in [1.165, 1.54) is 17.8 Å². The van der Waals surface area contributed by atoms with Crippen LogP contribution in [0.2, 0.25) is 0 Å². The number of aromatic nitrogens is 4. The van der Waals surface area contributed by atoms with E-state index in [1.54, 1.807) is 13.0 Å². The maximum Gasteiger partial charge on any atom is 0.217 e. The van der Waals surface area contributed by atoms with Gasteiger partial charge in [0.25, 0.3) is 0 Å². The van der Waals surface area contributed by atoms with Crippen molar-refractivity contribution < 1.29 is 18.7 Å². The molecule has 1 aromatic carbocycles. The number of nitrogens with two attached hydrogens (primary N) is 1. The monoisotopic (exact) mass is 499 g/mol. The number of primary amides is 1. The van der Waals surface area contributed by atoms with Crippen molar-refractivity contribution in [3.8, 4) is 5.69 Å². The van der Waals surface area contributed by atoms with E-state index in [-0.39, 0.29) is 29.9 Å². The van der Waals surface area contributed by atoms with Crippen molar-refractivity contribution >= 4 is 23.5 Å². The zero-order valence-corrected chi connectivity index (χ0v) is 21.0. The summed E-state index contributed by atoms with van der Waals surface area (Å²) in [6, 6.07) is 6.91. The van der Waals surface area contributed by atoms with E-state index in [0.29, 0.717) is 40.8 Å². The van der Waals surface area contributed by atoms with Crippen LogP contribution in [-0.2, 0) is 22.5 Å². The van der Waals surface area contributed by atoms with E-state index in [9.17, 15) is 14.0 Å². The number of hydrogen-bond donors (Lipinski definition) is 1. The lowest BCUT2D eigenvalue weighted by atomic mass is 10.2. The van der Waals surface area contributed by atoms with Crippen LogP contribution in [0, 0.1) is 26.6 Å². The summed E-state index contributed by atoms with van der Waals surface area (Å²) in [4.78, 5) is 24.5. The number of Topliss-reactive ketones (excluding diaryl/α,β-unsaturated/α-hetero) is 1. The van der Waals surface area contributed by atoms with Crippen LogP contribution < -0.4 is 5.73 Å². The minimum absolute atomic E-state index is 0.0488. The van der Waals surface area contributed by atoms with Gasteiger partial charge in [-0.15, -0.1) is 10.2 Å². The molecule has 2 aromatic heterocycles. The molecule has 10 heteroatoms. The maximum absolute atomic E-state index is 14.2. The maximum atomic E-state index is 14.2. The number of carbonyl (C=O) groups excluding carboxylic acids is 2. The van der Waals surface area contributed by atoms with Gasteiger partial charge in [0.2, 0.25) is 5.91 Å². The number of nitrogens with zero attached hydrogens (tertiary/aromatic N) is 4. The van der Waals surface area contributed by atoms with E-state index in [4.69, 9.17) is 10.5 Å². The Morgan fingerprint density at radius 1 is 1.23 bits per heavy atom. The van der Waals surface area contributed by atoms with Crippen molar-refractivity contribution in [1.82, 2.24) is 19.3 Å². The summed E-state index contributed by atoms with van der Waals surface area (Å²) in [7, 11) is 0. The van der Waals surface area contributed by atoms with Gasteiger partial charge in [-0.1, -0.05) is 17.8 Å². The Morgan fingerprint density at radius 3 is 2.71 bits per heavy atom. The summed E-state index contributed by atoms with van der Waals surface area (Å²) in [5.74, 6) is 0.105. The van der Waals surface area contributed by atoms with Gasteiger partial charge in [-0.25, -0.2) is 4.39 Å². The number of benzene rings is 1. The fraction of sp³-hybridized carbons (Fsp3) is 0.440. The summed E-state index contributed by atoms with van der Waals surface area (Å²) < 4.78 is 23.8. The molecule has 0 bridgehead atoms. The highest BCUT2D eigenvalue weighted by atomic mass is 32.2. The number of rotatable bonds is 10. The van der Waals surface area contributed by atoms with Crippen molar-refractivity contribution in [2.45, 2.75) is 64.3 Å². The molecule has 1 aliphatic heterocycles. The summed E-state index contributed by atoms with van der Waals surface area (Å²) >= 11 is 1.31. The normalized spacial score (nSPS) is 15.6. The molecule has 0 radical (unpaired) electrons. The van der Waals surface area contributed by atoms with Gasteiger partial charge >= 0.3 is 0 Å². The molecule has 1 saturated heterocycles. The molecule has 35 heavy (non-hydrogen) atoms. The second-order valence-electron chi connectivity index (χ2n) is 8.88. The molecule has 1 aliphatic rings. The topological polar surface area (TPSA) is 105 Å². The third-order valence-corrected chi connectivity index (χ3v) is 7.24. The molecular formula is C25H30FN5O3S. The highest BCUT2D eigenvalue weighted by molar-refractivity contribution is 7.99. The minimum atomic E-state index is -0.398. The molecule has 1 amide bonds. The number of amides is 1. The van der Waals surface area contributed by atoms with E-state index >= 15 is 0 Å². The van der Waals surface area contributed by atoms with Gasteiger partial charge < -0.3 is 19.6 Å². The summed E-state index contributed by atoms with van der Waals surface area (Å²) in [5, 5.41) is 9.14. The zero-order chi connectivity index (χ0) is 25.1. The molecule has 186 valence electrons. The quantitative estimate of drug-likeness (QED) is 0.337. The fourth-order valence-corrected chi connectivity index (χ4v) is 5.24. The highest BCUT2D eigenvalue weighted by Gasteiger charge is 2.23. The minimum Gasteiger partial charge on any atom is -0.376 e. The predicted molar refractivity (Wildman–Crippen MR) is 132 cm³/mol. The number of aryl methyl sites for hydroxylation is 3. The van der Waals surface area contributed by atoms with Crippen LogP contribution >= 0.6 is 11.8 Å². The van der Waals surface area contributed by atoms with Crippen molar-refractivity contribution in [2.24, 2.45) is 5.73 Å². The second kappa shape index (κ2) is 10.7.